The maximum Gasteiger partial charge on any atom is 0.161 e. The van der Waals surface area contributed by atoms with Crippen LogP contribution in [0.4, 0.5) is 0 Å². The molecule has 0 atom stereocenters. The fraction of sp³-hybridized carbons (Fsp3) is 0.600. The number of unbranched alkanes of at least 4 members (excludes halogenated alkanes) is 1. The maximum absolute atomic E-state index is 5.92. The number of hydrogen-bond donors (Lipinski definition) is 2. The van der Waals surface area contributed by atoms with Gasteiger partial charge in [-0.2, -0.15) is 0 Å². The van der Waals surface area contributed by atoms with E-state index < -0.39 is 0 Å². The molecule has 1 fully saturated rings. The van der Waals surface area contributed by atoms with Gasteiger partial charge in [0.25, 0.3) is 0 Å². The molecule has 4 heteroatoms. The molecule has 0 unspecified atom stereocenters. The van der Waals surface area contributed by atoms with E-state index in [0.29, 0.717) is 0 Å². The van der Waals surface area contributed by atoms with E-state index in [4.69, 9.17) is 9.47 Å². The summed E-state index contributed by atoms with van der Waals surface area (Å²) >= 11 is 0. The van der Waals surface area contributed by atoms with Gasteiger partial charge in [-0.25, -0.2) is 0 Å². The monoisotopic (exact) mass is 334 g/mol. The smallest absolute Gasteiger partial charge is 0.161 e. The zero-order chi connectivity index (χ0) is 17.2. The molecule has 1 aliphatic rings. The summed E-state index contributed by atoms with van der Waals surface area (Å²) in [6.07, 6.45) is 6.43. The first-order valence-electron chi connectivity index (χ1n) is 9.37. The number of quaternary nitrogens is 2. The van der Waals surface area contributed by atoms with Crippen molar-refractivity contribution in [2.45, 2.75) is 26.7 Å². The Bertz CT molecular complexity index is 508. The molecule has 0 aromatic heterocycles. The van der Waals surface area contributed by atoms with Gasteiger partial charge in [0.1, 0.15) is 26.2 Å². The molecule has 0 aliphatic carbocycles. The summed E-state index contributed by atoms with van der Waals surface area (Å²) in [5, 5.41) is 0. The number of hydrogen-bond acceptors (Lipinski definition) is 2. The minimum absolute atomic E-state index is 0.763. The number of benzene rings is 1. The second kappa shape index (κ2) is 10.4. The number of rotatable bonds is 9. The molecule has 0 spiro atoms. The van der Waals surface area contributed by atoms with Crippen LogP contribution < -0.4 is 19.3 Å². The number of piperazine rings is 1. The van der Waals surface area contributed by atoms with Crippen LogP contribution in [0.3, 0.4) is 0 Å². The van der Waals surface area contributed by atoms with Crippen LogP contribution in [0.25, 0.3) is 6.08 Å². The van der Waals surface area contributed by atoms with Gasteiger partial charge in [0, 0.05) is 0 Å². The summed E-state index contributed by atoms with van der Waals surface area (Å²) < 4.78 is 11.4. The van der Waals surface area contributed by atoms with Crippen molar-refractivity contribution in [3.8, 4) is 11.5 Å². The van der Waals surface area contributed by atoms with Gasteiger partial charge in [-0.3, -0.25) is 0 Å². The van der Waals surface area contributed by atoms with E-state index in [9.17, 15) is 0 Å². The van der Waals surface area contributed by atoms with Crippen molar-refractivity contribution in [3.05, 3.63) is 29.8 Å². The lowest BCUT2D eigenvalue weighted by atomic mass is 10.2. The van der Waals surface area contributed by atoms with E-state index in [1.54, 1.807) is 16.9 Å². The van der Waals surface area contributed by atoms with Gasteiger partial charge < -0.3 is 19.3 Å². The lowest BCUT2D eigenvalue weighted by molar-refractivity contribution is -1.01. The van der Waals surface area contributed by atoms with Crippen LogP contribution in [0.1, 0.15) is 32.3 Å². The lowest BCUT2D eigenvalue weighted by Crippen LogP contribution is -3.28. The standard InChI is InChI=1S/C20H32N2O2/c1-4-8-18-9-10-19(20(17-18)23-3)24-16-7-6-11-22-14-12-21(5-2)13-15-22/h4,8-10,17H,5-7,11-16H2,1-3H3/p+2/b8-4+. The van der Waals surface area contributed by atoms with E-state index in [1.165, 1.54) is 45.7 Å². The Labute approximate surface area is 147 Å². The first-order chi connectivity index (χ1) is 11.8. The fourth-order valence-corrected chi connectivity index (χ4v) is 3.32. The van der Waals surface area contributed by atoms with Crippen LogP contribution >= 0.6 is 0 Å². The molecule has 0 saturated carbocycles. The third-order valence-electron chi connectivity index (χ3n) is 4.89. The molecule has 2 rings (SSSR count). The molecule has 0 amide bonds. The first kappa shape index (κ1) is 18.8. The highest BCUT2D eigenvalue weighted by atomic mass is 16.5. The molecular weight excluding hydrogens is 300 g/mol. The Kier molecular flexibility index (Phi) is 8.13. The maximum atomic E-state index is 5.92. The molecule has 1 saturated heterocycles. The van der Waals surface area contributed by atoms with Crippen LogP contribution in [0.2, 0.25) is 0 Å². The Morgan fingerprint density at radius 1 is 1.04 bits per heavy atom. The van der Waals surface area contributed by atoms with Crippen LogP contribution in [0, 0.1) is 0 Å². The summed E-state index contributed by atoms with van der Waals surface area (Å²) in [6, 6.07) is 6.10. The second-order valence-corrected chi connectivity index (χ2v) is 6.57. The van der Waals surface area contributed by atoms with E-state index in [1.807, 2.05) is 25.1 Å². The molecule has 134 valence electrons. The summed E-state index contributed by atoms with van der Waals surface area (Å²) in [5.41, 5.74) is 1.14. The van der Waals surface area contributed by atoms with Gasteiger partial charge in [-0.05, 0) is 44.4 Å². The molecule has 1 heterocycles. The quantitative estimate of drug-likeness (QED) is 0.650. The summed E-state index contributed by atoms with van der Waals surface area (Å²) in [5.74, 6) is 1.66. The Morgan fingerprint density at radius 3 is 2.46 bits per heavy atom. The molecule has 1 aliphatic heterocycles. The molecule has 4 nitrogen and oxygen atoms in total. The van der Waals surface area contributed by atoms with Crippen molar-refractivity contribution in [3.63, 3.8) is 0 Å². The van der Waals surface area contributed by atoms with E-state index in [-0.39, 0.29) is 0 Å². The first-order valence-corrected chi connectivity index (χ1v) is 9.37. The van der Waals surface area contributed by atoms with Crippen molar-refractivity contribution < 1.29 is 19.3 Å². The van der Waals surface area contributed by atoms with Crippen LogP contribution in [-0.2, 0) is 0 Å². The summed E-state index contributed by atoms with van der Waals surface area (Å²) in [7, 11) is 1.70. The molecule has 1 aromatic rings. The average Bonchev–Trinajstić information content (AvgIpc) is 2.63. The lowest BCUT2D eigenvalue weighted by Gasteiger charge is -2.28. The third-order valence-corrected chi connectivity index (χ3v) is 4.89. The van der Waals surface area contributed by atoms with Gasteiger partial charge in [-0.1, -0.05) is 18.2 Å². The Morgan fingerprint density at radius 2 is 1.79 bits per heavy atom. The highest BCUT2D eigenvalue weighted by Crippen LogP contribution is 2.28. The number of ether oxygens (including phenoxy) is 2. The third kappa shape index (κ3) is 5.84. The predicted octanol–water partition coefficient (Wildman–Crippen LogP) is 0.691. The molecule has 24 heavy (non-hydrogen) atoms. The predicted molar refractivity (Wildman–Crippen MR) is 99.2 cm³/mol. The van der Waals surface area contributed by atoms with Crippen molar-refractivity contribution in [2.24, 2.45) is 0 Å². The molecule has 1 aromatic carbocycles. The minimum atomic E-state index is 0.763. The molecule has 0 radical (unpaired) electrons. The summed E-state index contributed by atoms with van der Waals surface area (Å²) in [6.45, 7) is 12.9. The minimum Gasteiger partial charge on any atom is -0.493 e. The van der Waals surface area contributed by atoms with Gasteiger partial charge in [0.15, 0.2) is 11.5 Å². The largest absolute Gasteiger partial charge is 0.493 e. The Balaban J connectivity index is 1.67. The topological polar surface area (TPSA) is 27.3 Å². The number of nitrogens with one attached hydrogen (secondary N) is 2. The van der Waals surface area contributed by atoms with Gasteiger partial charge in [0.2, 0.25) is 0 Å². The van der Waals surface area contributed by atoms with E-state index in [2.05, 4.69) is 19.1 Å². The van der Waals surface area contributed by atoms with Crippen molar-refractivity contribution in [1.29, 1.82) is 0 Å². The van der Waals surface area contributed by atoms with Gasteiger partial charge in [-0.15, -0.1) is 0 Å². The van der Waals surface area contributed by atoms with E-state index in [0.717, 1.165) is 30.1 Å². The highest BCUT2D eigenvalue weighted by molar-refractivity contribution is 5.55. The molecular formula is C20H34N2O2+2. The molecule has 2 N–H and O–H groups in total. The average molecular weight is 335 g/mol. The SMILES string of the molecule is C/C=C/c1ccc(OCCCC[NH+]2CC[NH+](CC)CC2)c(OC)c1. The van der Waals surface area contributed by atoms with E-state index >= 15 is 0 Å². The van der Waals surface area contributed by atoms with Crippen LogP contribution in [0.15, 0.2) is 24.3 Å². The normalized spacial score (nSPS) is 21.1. The number of methoxy groups -OCH3 is 1. The van der Waals surface area contributed by atoms with Gasteiger partial charge in [0.05, 0.1) is 26.8 Å². The van der Waals surface area contributed by atoms with Crippen molar-refractivity contribution in [2.75, 3.05) is 53.0 Å². The van der Waals surface area contributed by atoms with Crippen LogP contribution in [0.5, 0.6) is 11.5 Å². The van der Waals surface area contributed by atoms with Crippen molar-refractivity contribution >= 4 is 6.08 Å². The highest BCUT2D eigenvalue weighted by Gasteiger charge is 2.20. The number of allylic oxidation sites excluding steroid dienone is 1. The van der Waals surface area contributed by atoms with Crippen LogP contribution in [-0.4, -0.2) is 53.0 Å². The number of likely N-dealkylation sites (N-methyl/N-ethyl adjacent to an activating group) is 1. The van der Waals surface area contributed by atoms with Crippen molar-refractivity contribution in [1.82, 2.24) is 0 Å². The fourth-order valence-electron chi connectivity index (χ4n) is 3.32. The second-order valence-electron chi connectivity index (χ2n) is 6.57. The summed E-state index contributed by atoms with van der Waals surface area (Å²) in [4.78, 5) is 3.52. The zero-order valence-electron chi connectivity index (χ0n) is 15.6. The molecule has 0 bridgehead atoms. The Hall–Kier alpha value is -1.52. The van der Waals surface area contributed by atoms with Gasteiger partial charge >= 0.3 is 0 Å². The zero-order valence-corrected chi connectivity index (χ0v) is 15.6.